The Morgan fingerprint density at radius 3 is 2.75 bits per heavy atom. The van der Waals surface area contributed by atoms with Gasteiger partial charge < -0.3 is 9.67 Å². The van der Waals surface area contributed by atoms with Gasteiger partial charge in [-0.15, -0.1) is 0 Å². The number of carboxylic acid groups (broad SMARTS) is 1. The summed E-state index contributed by atoms with van der Waals surface area (Å²) < 4.78 is 1.84. The van der Waals surface area contributed by atoms with E-state index in [1.807, 2.05) is 17.6 Å². The molecular weight excluding hydrogens is 202 g/mol. The summed E-state index contributed by atoms with van der Waals surface area (Å²) in [5.74, 6) is -0.803. The zero-order valence-electron chi connectivity index (χ0n) is 9.53. The number of aromatic nitrogens is 1. The SMILES string of the molecule is CCc1ccc2cc(C)n(CC(=O)O)c2c1. The molecule has 3 heteroatoms. The molecule has 3 nitrogen and oxygen atoms in total. The summed E-state index contributed by atoms with van der Waals surface area (Å²) in [5.41, 5.74) is 3.24. The fraction of sp³-hybridized carbons (Fsp3) is 0.308. The van der Waals surface area contributed by atoms with E-state index in [-0.39, 0.29) is 6.54 Å². The summed E-state index contributed by atoms with van der Waals surface area (Å²) in [7, 11) is 0. The highest BCUT2D eigenvalue weighted by Gasteiger charge is 2.08. The number of hydrogen-bond acceptors (Lipinski definition) is 1. The van der Waals surface area contributed by atoms with Crippen LogP contribution < -0.4 is 0 Å². The third kappa shape index (κ3) is 1.81. The van der Waals surface area contributed by atoms with Crippen molar-refractivity contribution in [2.45, 2.75) is 26.8 Å². The van der Waals surface area contributed by atoms with Crippen molar-refractivity contribution in [3.05, 3.63) is 35.5 Å². The van der Waals surface area contributed by atoms with Crippen molar-refractivity contribution in [1.29, 1.82) is 0 Å². The van der Waals surface area contributed by atoms with Crippen molar-refractivity contribution >= 4 is 16.9 Å². The molecule has 0 radical (unpaired) electrons. The fourth-order valence-electron chi connectivity index (χ4n) is 2.00. The highest BCUT2D eigenvalue weighted by atomic mass is 16.4. The van der Waals surface area contributed by atoms with Crippen LogP contribution in [-0.4, -0.2) is 15.6 Å². The van der Waals surface area contributed by atoms with Crippen molar-refractivity contribution in [2.24, 2.45) is 0 Å². The number of hydrogen-bond donors (Lipinski definition) is 1. The maximum atomic E-state index is 10.8. The van der Waals surface area contributed by atoms with Gasteiger partial charge in [-0.1, -0.05) is 19.1 Å². The predicted molar refractivity (Wildman–Crippen MR) is 63.7 cm³/mol. The van der Waals surface area contributed by atoms with Crippen molar-refractivity contribution in [1.82, 2.24) is 4.57 Å². The summed E-state index contributed by atoms with van der Waals surface area (Å²) >= 11 is 0. The number of carbonyl (C=O) groups is 1. The molecule has 0 spiro atoms. The van der Waals surface area contributed by atoms with Gasteiger partial charge in [0.25, 0.3) is 0 Å². The number of rotatable bonds is 3. The number of carboxylic acids is 1. The van der Waals surface area contributed by atoms with Gasteiger partial charge in [-0.3, -0.25) is 4.79 Å². The van der Waals surface area contributed by atoms with E-state index in [1.165, 1.54) is 5.56 Å². The molecule has 2 aromatic rings. The van der Waals surface area contributed by atoms with E-state index in [9.17, 15) is 4.79 Å². The van der Waals surface area contributed by atoms with Crippen LogP contribution in [0.3, 0.4) is 0 Å². The first-order chi connectivity index (χ1) is 7.61. The second kappa shape index (κ2) is 4.00. The normalized spacial score (nSPS) is 10.9. The average Bonchev–Trinajstić information content (AvgIpc) is 2.54. The lowest BCUT2D eigenvalue weighted by atomic mass is 10.1. The van der Waals surface area contributed by atoms with Gasteiger partial charge in [0, 0.05) is 11.2 Å². The van der Waals surface area contributed by atoms with Crippen LogP contribution >= 0.6 is 0 Å². The first kappa shape index (κ1) is 10.7. The Labute approximate surface area is 94.3 Å². The van der Waals surface area contributed by atoms with Gasteiger partial charge in [-0.05, 0) is 36.4 Å². The lowest BCUT2D eigenvalue weighted by Gasteiger charge is -2.05. The third-order valence-electron chi connectivity index (χ3n) is 2.88. The summed E-state index contributed by atoms with van der Waals surface area (Å²) in [6.45, 7) is 4.07. The van der Waals surface area contributed by atoms with Crippen LogP contribution in [0.15, 0.2) is 24.3 Å². The highest BCUT2D eigenvalue weighted by molar-refractivity contribution is 5.83. The Kier molecular flexibility index (Phi) is 2.69. The van der Waals surface area contributed by atoms with E-state index in [2.05, 4.69) is 25.1 Å². The monoisotopic (exact) mass is 217 g/mol. The van der Waals surface area contributed by atoms with Crippen LogP contribution in [0.1, 0.15) is 18.2 Å². The van der Waals surface area contributed by atoms with Crippen LogP contribution in [0.2, 0.25) is 0 Å². The molecule has 1 N–H and O–H groups in total. The van der Waals surface area contributed by atoms with Gasteiger partial charge >= 0.3 is 5.97 Å². The fourth-order valence-corrected chi connectivity index (χ4v) is 2.00. The van der Waals surface area contributed by atoms with E-state index in [0.29, 0.717) is 0 Å². The zero-order valence-corrected chi connectivity index (χ0v) is 9.53. The molecule has 0 aliphatic rings. The molecular formula is C13H15NO2. The molecule has 1 aromatic heterocycles. The minimum atomic E-state index is -0.803. The Bertz CT molecular complexity index is 540. The molecule has 0 amide bonds. The first-order valence-corrected chi connectivity index (χ1v) is 5.42. The molecule has 0 atom stereocenters. The van der Waals surface area contributed by atoms with Gasteiger partial charge in [-0.25, -0.2) is 0 Å². The molecule has 0 saturated carbocycles. The average molecular weight is 217 g/mol. The van der Waals surface area contributed by atoms with Gasteiger partial charge in [0.2, 0.25) is 0 Å². The first-order valence-electron chi connectivity index (χ1n) is 5.42. The summed E-state index contributed by atoms with van der Waals surface area (Å²) in [6, 6.07) is 8.25. The number of aryl methyl sites for hydroxylation is 2. The maximum Gasteiger partial charge on any atom is 0.323 e. The van der Waals surface area contributed by atoms with Crippen molar-refractivity contribution in [3.63, 3.8) is 0 Å². The predicted octanol–water partition coefficient (Wildman–Crippen LogP) is 2.60. The molecule has 0 fully saturated rings. The van der Waals surface area contributed by atoms with Crippen LogP contribution in [0.5, 0.6) is 0 Å². The van der Waals surface area contributed by atoms with Gasteiger partial charge in [0.15, 0.2) is 0 Å². The minimum absolute atomic E-state index is 0.0303. The lowest BCUT2D eigenvalue weighted by molar-refractivity contribution is -0.137. The smallest absolute Gasteiger partial charge is 0.323 e. The molecule has 0 saturated heterocycles. The number of aliphatic carboxylic acids is 1. The molecule has 2 rings (SSSR count). The Hall–Kier alpha value is -1.77. The molecule has 0 aliphatic heterocycles. The minimum Gasteiger partial charge on any atom is -0.480 e. The quantitative estimate of drug-likeness (QED) is 0.858. The summed E-state index contributed by atoms with van der Waals surface area (Å²) in [5, 5.41) is 9.98. The lowest BCUT2D eigenvalue weighted by Crippen LogP contribution is -2.09. The van der Waals surface area contributed by atoms with Crippen molar-refractivity contribution in [3.8, 4) is 0 Å². The maximum absolute atomic E-state index is 10.8. The van der Waals surface area contributed by atoms with E-state index in [4.69, 9.17) is 5.11 Å². The van der Waals surface area contributed by atoms with E-state index in [1.54, 1.807) is 0 Å². The number of fused-ring (bicyclic) bond motifs is 1. The Morgan fingerprint density at radius 1 is 1.38 bits per heavy atom. The van der Waals surface area contributed by atoms with Crippen LogP contribution in [0.25, 0.3) is 10.9 Å². The number of nitrogens with zero attached hydrogens (tertiary/aromatic N) is 1. The summed E-state index contributed by atoms with van der Waals surface area (Å²) in [4.78, 5) is 10.8. The van der Waals surface area contributed by atoms with Crippen LogP contribution in [0, 0.1) is 6.92 Å². The van der Waals surface area contributed by atoms with Crippen molar-refractivity contribution in [2.75, 3.05) is 0 Å². The largest absolute Gasteiger partial charge is 0.480 e. The molecule has 0 aliphatic carbocycles. The van der Waals surface area contributed by atoms with Crippen LogP contribution in [-0.2, 0) is 17.8 Å². The van der Waals surface area contributed by atoms with Gasteiger partial charge in [-0.2, -0.15) is 0 Å². The third-order valence-corrected chi connectivity index (χ3v) is 2.88. The zero-order chi connectivity index (χ0) is 11.7. The molecule has 0 bridgehead atoms. The molecule has 84 valence electrons. The van der Waals surface area contributed by atoms with Gasteiger partial charge in [0.1, 0.15) is 6.54 Å². The van der Waals surface area contributed by atoms with E-state index < -0.39 is 5.97 Å². The van der Waals surface area contributed by atoms with Crippen molar-refractivity contribution < 1.29 is 9.90 Å². The molecule has 1 aromatic carbocycles. The highest BCUT2D eigenvalue weighted by Crippen LogP contribution is 2.21. The number of benzene rings is 1. The van der Waals surface area contributed by atoms with Crippen LogP contribution in [0.4, 0.5) is 0 Å². The summed E-state index contributed by atoms with van der Waals surface area (Å²) in [6.07, 6.45) is 0.966. The topological polar surface area (TPSA) is 42.2 Å². The Morgan fingerprint density at radius 2 is 2.12 bits per heavy atom. The molecule has 0 unspecified atom stereocenters. The Balaban J connectivity index is 2.61. The van der Waals surface area contributed by atoms with E-state index in [0.717, 1.165) is 23.0 Å². The second-order valence-electron chi connectivity index (χ2n) is 4.01. The standard InChI is InChI=1S/C13H15NO2/c1-3-10-4-5-11-6-9(2)14(8-13(15)16)12(11)7-10/h4-7H,3,8H2,1-2H3,(H,15,16). The van der Waals surface area contributed by atoms with E-state index >= 15 is 0 Å². The second-order valence-corrected chi connectivity index (χ2v) is 4.01. The molecule has 1 heterocycles. The van der Waals surface area contributed by atoms with Gasteiger partial charge in [0.05, 0.1) is 0 Å². The molecule has 16 heavy (non-hydrogen) atoms.